The molecule has 0 saturated carbocycles. The number of carbonyl (C=O) groups excluding carboxylic acids is 3. The van der Waals surface area contributed by atoms with Crippen LogP contribution in [0, 0.1) is 5.92 Å². The molecule has 1 aliphatic heterocycles. The highest BCUT2D eigenvalue weighted by Crippen LogP contribution is 2.34. The maximum atomic E-state index is 13.6. The molecule has 0 unspecified atom stereocenters. The molecule has 0 bridgehead atoms. The number of methoxy groups -OCH3 is 1. The number of halogens is 3. The van der Waals surface area contributed by atoms with Crippen LogP contribution in [0.2, 0.25) is 0 Å². The van der Waals surface area contributed by atoms with E-state index in [1.165, 1.54) is 19.2 Å². The number of primary amides is 1. The Morgan fingerprint density at radius 3 is 2.27 bits per heavy atom. The number of fused-ring (bicyclic) bond motifs is 1. The Labute approximate surface area is 229 Å². The first kappa shape index (κ1) is 28.5. The lowest BCUT2D eigenvalue weighted by Crippen LogP contribution is -2.46. The van der Waals surface area contributed by atoms with Crippen molar-refractivity contribution in [3.8, 4) is 5.75 Å². The number of hydrogen-bond acceptors (Lipinski definition) is 5. The maximum Gasteiger partial charge on any atom is 0.389 e. The fourth-order valence-electron chi connectivity index (χ4n) is 4.91. The minimum atomic E-state index is -4.58. The number of nitrogens with two attached hydrogens (primary N) is 1. The predicted molar refractivity (Wildman–Crippen MR) is 143 cm³/mol. The SMILES string of the molecule is COc1cccc2c1CC(=O)[C@@H](NC(=O)[C@H](CCC(F)(F)F)[C@@H](C(N)=O)c1ccccc1)N=C2c1ccccc1. The molecule has 0 radical (unpaired) electrons. The molecule has 1 heterocycles. The Morgan fingerprint density at radius 2 is 1.68 bits per heavy atom. The van der Waals surface area contributed by atoms with E-state index in [4.69, 9.17) is 10.5 Å². The molecule has 40 heavy (non-hydrogen) atoms. The number of nitrogens with one attached hydrogen (secondary N) is 1. The molecule has 3 N–H and O–H groups in total. The molecule has 1 aliphatic rings. The van der Waals surface area contributed by atoms with E-state index in [9.17, 15) is 27.6 Å². The highest BCUT2D eigenvalue weighted by molar-refractivity contribution is 6.16. The van der Waals surface area contributed by atoms with Gasteiger partial charge in [0.05, 0.1) is 24.7 Å². The monoisotopic (exact) mass is 551 g/mol. The molecular weight excluding hydrogens is 523 g/mol. The summed E-state index contributed by atoms with van der Waals surface area (Å²) in [5.74, 6) is -4.75. The van der Waals surface area contributed by atoms with Crippen LogP contribution in [0.3, 0.4) is 0 Å². The van der Waals surface area contributed by atoms with Crippen LogP contribution in [0.4, 0.5) is 13.2 Å². The summed E-state index contributed by atoms with van der Waals surface area (Å²) in [6.45, 7) is 0. The summed E-state index contributed by atoms with van der Waals surface area (Å²) in [5, 5.41) is 2.53. The van der Waals surface area contributed by atoms with E-state index in [1.807, 2.05) is 6.07 Å². The molecule has 10 heteroatoms. The van der Waals surface area contributed by atoms with E-state index >= 15 is 0 Å². The van der Waals surface area contributed by atoms with Crippen LogP contribution in [0.25, 0.3) is 0 Å². The van der Waals surface area contributed by atoms with Gasteiger partial charge in [0.2, 0.25) is 11.8 Å². The number of rotatable bonds is 9. The lowest BCUT2D eigenvalue weighted by molar-refractivity contribution is -0.144. The van der Waals surface area contributed by atoms with Gasteiger partial charge in [-0.25, -0.2) is 0 Å². The molecule has 208 valence electrons. The number of Topliss-reactive ketones (excluding diaryl/α,β-unsaturated/α-hetero) is 1. The smallest absolute Gasteiger partial charge is 0.389 e. The standard InChI is InChI=1S/C30H28F3N3O4/c1-40-24-14-8-13-20-22(24)17-23(37)28(35-26(20)19-11-6-3-7-12-19)36-29(39)21(15-16-30(31,32)33)25(27(34)38)18-9-4-2-5-10-18/h2-14,21,25,28H,15-17H2,1H3,(H2,34,38)(H,36,39)/t21-,25+,28-/m1/s1. The second kappa shape index (κ2) is 12.1. The number of ketones is 1. The number of carbonyl (C=O) groups is 3. The van der Waals surface area contributed by atoms with Gasteiger partial charge in [-0.05, 0) is 18.1 Å². The number of ether oxygens (including phenoxy) is 1. The predicted octanol–water partition coefficient (Wildman–Crippen LogP) is 4.33. The number of nitrogens with zero attached hydrogens (tertiary/aromatic N) is 1. The van der Waals surface area contributed by atoms with Gasteiger partial charge in [0.25, 0.3) is 0 Å². The summed E-state index contributed by atoms with van der Waals surface area (Å²) in [4.78, 5) is 44.1. The molecule has 0 fully saturated rings. The largest absolute Gasteiger partial charge is 0.496 e. The third-order valence-corrected chi connectivity index (χ3v) is 6.79. The minimum Gasteiger partial charge on any atom is -0.496 e. The molecule has 3 aromatic carbocycles. The van der Waals surface area contributed by atoms with Gasteiger partial charge in [0.15, 0.2) is 11.9 Å². The zero-order valence-electron chi connectivity index (χ0n) is 21.7. The maximum absolute atomic E-state index is 13.6. The third kappa shape index (κ3) is 6.56. The van der Waals surface area contributed by atoms with Gasteiger partial charge in [0, 0.05) is 29.5 Å². The van der Waals surface area contributed by atoms with E-state index in [0.29, 0.717) is 33.7 Å². The fourth-order valence-corrected chi connectivity index (χ4v) is 4.91. The van der Waals surface area contributed by atoms with Crippen molar-refractivity contribution in [2.45, 2.75) is 37.5 Å². The van der Waals surface area contributed by atoms with Crippen LogP contribution in [0.15, 0.2) is 83.9 Å². The van der Waals surface area contributed by atoms with Gasteiger partial charge < -0.3 is 15.8 Å². The Kier molecular flexibility index (Phi) is 8.67. The summed E-state index contributed by atoms with van der Waals surface area (Å²) < 4.78 is 45.2. The summed E-state index contributed by atoms with van der Waals surface area (Å²) in [6, 6.07) is 22.1. The van der Waals surface area contributed by atoms with Crippen LogP contribution in [0.1, 0.15) is 41.0 Å². The molecule has 0 aromatic heterocycles. The van der Waals surface area contributed by atoms with Gasteiger partial charge >= 0.3 is 6.18 Å². The zero-order chi connectivity index (χ0) is 28.9. The van der Waals surface area contributed by atoms with Gasteiger partial charge in [-0.3, -0.25) is 19.4 Å². The highest BCUT2D eigenvalue weighted by atomic mass is 19.4. The number of alkyl halides is 3. The van der Waals surface area contributed by atoms with Crippen molar-refractivity contribution < 1.29 is 32.3 Å². The number of amides is 2. The van der Waals surface area contributed by atoms with E-state index < -0.39 is 54.6 Å². The van der Waals surface area contributed by atoms with Crippen LogP contribution < -0.4 is 15.8 Å². The highest BCUT2D eigenvalue weighted by Gasteiger charge is 2.39. The molecule has 2 amide bonds. The summed E-state index contributed by atoms with van der Waals surface area (Å²) in [5.41, 5.74) is 8.19. The van der Waals surface area contributed by atoms with Crippen molar-refractivity contribution in [3.05, 3.63) is 101 Å². The molecule has 0 spiro atoms. The third-order valence-electron chi connectivity index (χ3n) is 6.79. The van der Waals surface area contributed by atoms with Crippen LogP contribution >= 0.6 is 0 Å². The summed E-state index contributed by atoms with van der Waals surface area (Å²) in [6.07, 6.45) is -8.16. The van der Waals surface area contributed by atoms with Crippen molar-refractivity contribution in [2.75, 3.05) is 7.11 Å². The van der Waals surface area contributed by atoms with Crippen molar-refractivity contribution in [3.63, 3.8) is 0 Å². The quantitative estimate of drug-likeness (QED) is 0.413. The molecular formula is C30H28F3N3O4. The van der Waals surface area contributed by atoms with E-state index in [2.05, 4.69) is 10.3 Å². The molecule has 4 rings (SSSR count). The molecule has 0 aliphatic carbocycles. The number of aliphatic imine (C=N–C) groups is 1. The Hall–Kier alpha value is -4.47. The fraction of sp³-hybridized carbons (Fsp3) is 0.267. The molecule has 3 aromatic rings. The van der Waals surface area contributed by atoms with E-state index in [1.54, 1.807) is 60.7 Å². The molecule has 0 saturated heterocycles. The Balaban J connectivity index is 1.74. The topological polar surface area (TPSA) is 111 Å². The first-order chi connectivity index (χ1) is 19.1. The lowest BCUT2D eigenvalue weighted by atomic mass is 9.81. The van der Waals surface area contributed by atoms with E-state index in [-0.39, 0.29) is 6.42 Å². The molecule has 7 nitrogen and oxygen atoms in total. The Bertz CT molecular complexity index is 1410. The van der Waals surface area contributed by atoms with Crippen LogP contribution in [-0.4, -0.2) is 42.8 Å². The number of hydrogen-bond donors (Lipinski definition) is 2. The normalized spacial score (nSPS) is 16.6. The minimum absolute atomic E-state index is 0.144. The second-order valence-electron chi connectivity index (χ2n) is 9.44. The first-order valence-corrected chi connectivity index (χ1v) is 12.6. The van der Waals surface area contributed by atoms with Crippen LogP contribution in [-0.2, 0) is 20.8 Å². The first-order valence-electron chi connectivity index (χ1n) is 12.6. The van der Waals surface area contributed by atoms with Gasteiger partial charge in [-0.2, -0.15) is 13.2 Å². The molecule has 3 atom stereocenters. The summed E-state index contributed by atoms with van der Waals surface area (Å²) in [7, 11) is 1.47. The lowest BCUT2D eigenvalue weighted by Gasteiger charge is -2.26. The Morgan fingerprint density at radius 1 is 1.02 bits per heavy atom. The van der Waals surface area contributed by atoms with E-state index in [0.717, 1.165) is 0 Å². The summed E-state index contributed by atoms with van der Waals surface area (Å²) >= 11 is 0. The van der Waals surface area contributed by atoms with Gasteiger partial charge in [-0.1, -0.05) is 72.8 Å². The number of benzene rings is 3. The average Bonchev–Trinajstić information content (AvgIpc) is 3.07. The van der Waals surface area contributed by atoms with Crippen molar-refractivity contribution >= 4 is 23.3 Å². The van der Waals surface area contributed by atoms with Gasteiger partial charge in [-0.15, -0.1) is 0 Å². The van der Waals surface area contributed by atoms with Crippen molar-refractivity contribution in [2.24, 2.45) is 16.6 Å². The average molecular weight is 552 g/mol. The second-order valence-corrected chi connectivity index (χ2v) is 9.44. The van der Waals surface area contributed by atoms with Crippen LogP contribution in [0.5, 0.6) is 5.75 Å². The van der Waals surface area contributed by atoms with Gasteiger partial charge in [0.1, 0.15) is 5.75 Å². The zero-order valence-corrected chi connectivity index (χ0v) is 21.7. The van der Waals surface area contributed by atoms with Crippen molar-refractivity contribution in [1.82, 2.24) is 5.32 Å². The van der Waals surface area contributed by atoms with Crippen molar-refractivity contribution in [1.29, 1.82) is 0 Å².